The summed E-state index contributed by atoms with van der Waals surface area (Å²) in [6.07, 6.45) is 3.17. The Morgan fingerprint density at radius 2 is 1.27 bits per heavy atom. The van der Waals surface area contributed by atoms with Crippen molar-refractivity contribution < 1.29 is 19.3 Å². The average molecular weight is 219 g/mol. The maximum Gasteiger partial charge on any atom is 0.0701 e. The highest BCUT2D eigenvalue weighted by Crippen LogP contribution is 1.93. The predicted octanol–water partition coefficient (Wildman–Crippen LogP) is 1.03. The third kappa shape index (κ3) is 13.8. The Kier molecular flexibility index (Phi) is 13.7. The van der Waals surface area contributed by atoms with Crippen LogP contribution in [0.1, 0.15) is 19.3 Å². The van der Waals surface area contributed by atoms with Gasteiger partial charge in [-0.05, 0) is 6.42 Å². The first-order valence-electron chi connectivity index (χ1n) is 5.55. The molecule has 0 unspecified atom stereocenters. The molecule has 0 aliphatic heterocycles. The predicted molar refractivity (Wildman–Crippen MR) is 58.8 cm³/mol. The van der Waals surface area contributed by atoms with Gasteiger partial charge in [0.2, 0.25) is 0 Å². The molecule has 0 saturated carbocycles. The van der Waals surface area contributed by atoms with Crippen LogP contribution in [-0.4, -0.2) is 51.4 Å². The number of rotatable bonds is 12. The lowest BCUT2D eigenvalue weighted by atomic mass is 10.3. The van der Waals surface area contributed by atoms with Gasteiger partial charge in [0, 0.05) is 6.61 Å². The smallest absolute Gasteiger partial charge is 0.0701 e. The summed E-state index contributed by atoms with van der Waals surface area (Å²) in [7, 11) is 0. The molecule has 0 amide bonds. The standard InChI is InChI=1S/C11H23O4/c1-2-3-4-6-13-8-10-15-11-9-14-7-5-12/h12H,1-11H2. The van der Waals surface area contributed by atoms with Crippen LogP contribution in [0.4, 0.5) is 0 Å². The Balaban J connectivity index is 2.81. The molecule has 91 valence electrons. The van der Waals surface area contributed by atoms with Crippen molar-refractivity contribution in [3.8, 4) is 0 Å². The normalized spacial score (nSPS) is 10.8. The van der Waals surface area contributed by atoms with Crippen LogP contribution < -0.4 is 0 Å². The van der Waals surface area contributed by atoms with E-state index in [2.05, 4.69) is 6.92 Å². The summed E-state index contributed by atoms with van der Waals surface area (Å²) < 4.78 is 15.6. The number of unbranched alkanes of at least 4 members (excludes halogenated alkanes) is 2. The Hall–Kier alpha value is -0.160. The van der Waals surface area contributed by atoms with Gasteiger partial charge >= 0.3 is 0 Å². The molecule has 0 atom stereocenters. The average Bonchev–Trinajstić information content (AvgIpc) is 2.26. The molecule has 1 N–H and O–H groups in total. The van der Waals surface area contributed by atoms with Gasteiger partial charge in [0.25, 0.3) is 0 Å². The third-order valence-electron chi connectivity index (χ3n) is 1.77. The van der Waals surface area contributed by atoms with Crippen LogP contribution >= 0.6 is 0 Å². The lowest BCUT2D eigenvalue weighted by Crippen LogP contribution is -2.11. The van der Waals surface area contributed by atoms with Crippen LogP contribution in [0.2, 0.25) is 0 Å². The van der Waals surface area contributed by atoms with E-state index in [4.69, 9.17) is 19.3 Å². The topological polar surface area (TPSA) is 47.9 Å². The van der Waals surface area contributed by atoms with Crippen molar-refractivity contribution in [2.45, 2.75) is 19.3 Å². The van der Waals surface area contributed by atoms with Gasteiger partial charge in [0.1, 0.15) is 0 Å². The first-order valence-corrected chi connectivity index (χ1v) is 5.55. The summed E-state index contributed by atoms with van der Waals surface area (Å²) in [5.41, 5.74) is 0. The molecule has 0 saturated heterocycles. The number of ether oxygens (including phenoxy) is 3. The van der Waals surface area contributed by atoms with E-state index in [1.807, 2.05) is 0 Å². The SMILES string of the molecule is [CH2]CCCCOCCOCCOCCO. The van der Waals surface area contributed by atoms with Crippen LogP contribution in [0, 0.1) is 6.92 Å². The van der Waals surface area contributed by atoms with E-state index < -0.39 is 0 Å². The molecule has 0 aliphatic carbocycles. The van der Waals surface area contributed by atoms with Gasteiger partial charge < -0.3 is 19.3 Å². The molecule has 15 heavy (non-hydrogen) atoms. The lowest BCUT2D eigenvalue weighted by Gasteiger charge is -2.05. The monoisotopic (exact) mass is 219 g/mol. The second-order valence-corrected chi connectivity index (χ2v) is 3.12. The molecule has 1 radical (unpaired) electrons. The van der Waals surface area contributed by atoms with Gasteiger partial charge in [-0.1, -0.05) is 19.8 Å². The summed E-state index contributed by atoms with van der Waals surface area (Å²) in [6, 6.07) is 0. The fourth-order valence-corrected chi connectivity index (χ4v) is 0.987. The third-order valence-corrected chi connectivity index (χ3v) is 1.77. The molecule has 0 fully saturated rings. The summed E-state index contributed by atoms with van der Waals surface area (Å²) in [5.74, 6) is 0. The van der Waals surface area contributed by atoms with Gasteiger partial charge in [0.15, 0.2) is 0 Å². The van der Waals surface area contributed by atoms with Gasteiger partial charge in [-0.3, -0.25) is 0 Å². The van der Waals surface area contributed by atoms with Crippen LogP contribution in [0.25, 0.3) is 0 Å². The van der Waals surface area contributed by atoms with Crippen LogP contribution in [0.3, 0.4) is 0 Å². The minimum absolute atomic E-state index is 0.0649. The van der Waals surface area contributed by atoms with Crippen LogP contribution in [0.5, 0.6) is 0 Å². The zero-order valence-corrected chi connectivity index (χ0v) is 9.45. The van der Waals surface area contributed by atoms with Crippen molar-refractivity contribution in [2.24, 2.45) is 0 Å². The number of aliphatic hydroxyl groups is 1. The van der Waals surface area contributed by atoms with E-state index >= 15 is 0 Å². The molecule has 0 aromatic carbocycles. The summed E-state index contributed by atoms with van der Waals surface area (Å²) in [6.45, 7) is 7.32. The number of hydrogen-bond donors (Lipinski definition) is 1. The maximum atomic E-state index is 8.42. The Morgan fingerprint density at radius 1 is 0.733 bits per heavy atom. The van der Waals surface area contributed by atoms with E-state index in [-0.39, 0.29) is 6.61 Å². The van der Waals surface area contributed by atoms with E-state index in [0.29, 0.717) is 33.0 Å². The van der Waals surface area contributed by atoms with E-state index in [1.54, 1.807) is 0 Å². The molecule has 4 heteroatoms. The second-order valence-electron chi connectivity index (χ2n) is 3.12. The van der Waals surface area contributed by atoms with Crippen molar-refractivity contribution in [3.63, 3.8) is 0 Å². The fourth-order valence-electron chi connectivity index (χ4n) is 0.987. The molecule has 4 nitrogen and oxygen atoms in total. The van der Waals surface area contributed by atoms with Crippen molar-refractivity contribution in [1.82, 2.24) is 0 Å². The van der Waals surface area contributed by atoms with E-state index in [0.717, 1.165) is 25.9 Å². The van der Waals surface area contributed by atoms with E-state index in [9.17, 15) is 0 Å². The molecule has 0 aromatic rings. The molecule has 0 aromatic heterocycles. The molecular formula is C11H23O4. The fraction of sp³-hybridized carbons (Fsp3) is 0.909. The summed E-state index contributed by atoms with van der Waals surface area (Å²) >= 11 is 0. The summed E-state index contributed by atoms with van der Waals surface area (Å²) in [5, 5.41) is 8.42. The number of aliphatic hydroxyl groups excluding tert-OH is 1. The number of hydrogen-bond acceptors (Lipinski definition) is 4. The molecule has 0 spiro atoms. The lowest BCUT2D eigenvalue weighted by molar-refractivity contribution is 0.00727. The van der Waals surface area contributed by atoms with Crippen molar-refractivity contribution in [1.29, 1.82) is 0 Å². The quantitative estimate of drug-likeness (QED) is 0.498. The highest BCUT2D eigenvalue weighted by molar-refractivity contribution is 4.41. The molecular weight excluding hydrogens is 196 g/mol. The minimum atomic E-state index is 0.0649. The zero-order chi connectivity index (χ0) is 11.2. The van der Waals surface area contributed by atoms with Crippen molar-refractivity contribution in [2.75, 3.05) is 46.2 Å². The van der Waals surface area contributed by atoms with Crippen LogP contribution in [0.15, 0.2) is 0 Å². The largest absolute Gasteiger partial charge is 0.394 e. The Bertz CT molecular complexity index is 96.8. The van der Waals surface area contributed by atoms with Crippen molar-refractivity contribution in [3.05, 3.63) is 6.92 Å². The van der Waals surface area contributed by atoms with Gasteiger partial charge in [-0.15, -0.1) is 0 Å². The van der Waals surface area contributed by atoms with E-state index in [1.165, 1.54) is 0 Å². The Morgan fingerprint density at radius 3 is 1.80 bits per heavy atom. The second kappa shape index (κ2) is 13.8. The van der Waals surface area contributed by atoms with Crippen molar-refractivity contribution >= 4 is 0 Å². The highest BCUT2D eigenvalue weighted by Gasteiger charge is 1.91. The Labute approximate surface area is 92.5 Å². The molecule has 0 bridgehead atoms. The van der Waals surface area contributed by atoms with Gasteiger partial charge in [0.05, 0.1) is 39.6 Å². The minimum Gasteiger partial charge on any atom is -0.394 e. The zero-order valence-electron chi connectivity index (χ0n) is 9.45. The first-order chi connectivity index (χ1) is 7.41. The molecule has 0 aliphatic rings. The molecule has 0 rings (SSSR count). The van der Waals surface area contributed by atoms with Gasteiger partial charge in [-0.2, -0.15) is 0 Å². The highest BCUT2D eigenvalue weighted by atomic mass is 16.5. The molecule has 0 heterocycles. The van der Waals surface area contributed by atoms with Gasteiger partial charge in [-0.25, -0.2) is 0 Å². The first kappa shape index (κ1) is 14.8. The summed E-state index contributed by atoms with van der Waals surface area (Å²) in [4.78, 5) is 0. The maximum absolute atomic E-state index is 8.42. The van der Waals surface area contributed by atoms with Crippen LogP contribution in [-0.2, 0) is 14.2 Å².